The van der Waals surface area contributed by atoms with Gasteiger partial charge in [0.1, 0.15) is 5.76 Å². The van der Waals surface area contributed by atoms with Crippen LogP contribution in [0.4, 0.5) is 5.69 Å². The van der Waals surface area contributed by atoms with Gasteiger partial charge in [0.25, 0.3) is 0 Å². The van der Waals surface area contributed by atoms with Crippen LogP contribution in [0.1, 0.15) is 5.56 Å². The smallest absolute Gasteiger partial charge is 0.162 e. The van der Waals surface area contributed by atoms with Crippen molar-refractivity contribution in [1.29, 1.82) is 0 Å². The van der Waals surface area contributed by atoms with Crippen molar-refractivity contribution in [3.63, 3.8) is 0 Å². The van der Waals surface area contributed by atoms with Gasteiger partial charge in [-0.3, -0.25) is 4.99 Å². The Kier molecular flexibility index (Phi) is 3.94. The summed E-state index contributed by atoms with van der Waals surface area (Å²) in [7, 11) is 4.68. The van der Waals surface area contributed by atoms with E-state index >= 15 is 0 Å². The van der Waals surface area contributed by atoms with Crippen LogP contribution in [-0.2, 0) is 4.74 Å². The summed E-state index contributed by atoms with van der Waals surface area (Å²) in [6, 6.07) is 3.49. The van der Waals surface area contributed by atoms with Gasteiger partial charge in [-0.15, -0.1) is 0 Å². The first-order chi connectivity index (χ1) is 7.67. The predicted octanol–water partition coefficient (Wildman–Crippen LogP) is 2.65. The maximum absolute atomic E-state index is 5.19. The van der Waals surface area contributed by atoms with Gasteiger partial charge in [0, 0.05) is 11.6 Å². The molecule has 0 unspecified atom stereocenters. The topological polar surface area (TPSA) is 40.0 Å². The normalized spacial score (nSPS) is 9.44. The van der Waals surface area contributed by atoms with Crippen molar-refractivity contribution < 1.29 is 14.2 Å². The fourth-order valence-electron chi connectivity index (χ4n) is 1.33. The van der Waals surface area contributed by atoms with E-state index in [1.54, 1.807) is 33.5 Å². The van der Waals surface area contributed by atoms with Gasteiger partial charge in [-0.2, -0.15) is 0 Å². The zero-order valence-electron chi connectivity index (χ0n) is 9.74. The molecule has 16 heavy (non-hydrogen) atoms. The van der Waals surface area contributed by atoms with Gasteiger partial charge in [0.2, 0.25) is 0 Å². The standard InChI is InChI=1S/C12H15NO3/c1-8(14-3)9-6-11(15-4)12(16-5)7-10(9)13-2/h6-7H,1-2H2,3-5H3. The number of hydrogen-bond donors (Lipinski definition) is 0. The third-order valence-electron chi connectivity index (χ3n) is 2.22. The molecule has 0 N–H and O–H groups in total. The van der Waals surface area contributed by atoms with E-state index < -0.39 is 0 Å². The van der Waals surface area contributed by atoms with Gasteiger partial charge in [-0.25, -0.2) is 0 Å². The fourth-order valence-corrected chi connectivity index (χ4v) is 1.33. The zero-order valence-corrected chi connectivity index (χ0v) is 9.74. The minimum Gasteiger partial charge on any atom is -0.497 e. The van der Waals surface area contributed by atoms with Gasteiger partial charge in [0.05, 0.1) is 27.0 Å². The van der Waals surface area contributed by atoms with E-state index in [9.17, 15) is 0 Å². The van der Waals surface area contributed by atoms with Crippen LogP contribution < -0.4 is 9.47 Å². The molecule has 0 bridgehead atoms. The quantitative estimate of drug-likeness (QED) is 0.567. The molecule has 86 valence electrons. The van der Waals surface area contributed by atoms with Crippen molar-refractivity contribution in [2.24, 2.45) is 4.99 Å². The average Bonchev–Trinajstić information content (AvgIpc) is 2.35. The molecular formula is C12H15NO3. The van der Waals surface area contributed by atoms with Crippen LogP contribution in [0.2, 0.25) is 0 Å². The van der Waals surface area contributed by atoms with Crippen molar-refractivity contribution >= 4 is 18.2 Å². The molecule has 1 aromatic carbocycles. The van der Waals surface area contributed by atoms with Crippen molar-refractivity contribution in [1.82, 2.24) is 0 Å². The second-order valence-corrected chi connectivity index (χ2v) is 3.01. The Morgan fingerprint density at radius 2 is 1.69 bits per heavy atom. The maximum Gasteiger partial charge on any atom is 0.162 e. The summed E-state index contributed by atoms with van der Waals surface area (Å²) in [6.45, 7) is 7.27. The first kappa shape index (κ1) is 12.1. The van der Waals surface area contributed by atoms with Gasteiger partial charge in [-0.1, -0.05) is 6.58 Å². The van der Waals surface area contributed by atoms with Gasteiger partial charge in [-0.05, 0) is 12.8 Å². The first-order valence-electron chi connectivity index (χ1n) is 4.64. The zero-order chi connectivity index (χ0) is 12.1. The summed E-state index contributed by atoms with van der Waals surface area (Å²) >= 11 is 0. The Morgan fingerprint density at radius 3 is 2.12 bits per heavy atom. The van der Waals surface area contributed by atoms with Crippen molar-refractivity contribution in [2.45, 2.75) is 0 Å². The van der Waals surface area contributed by atoms with Crippen molar-refractivity contribution in [2.75, 3.05) is 21.3 Å². The first-order valence-corrected chi connectivity index (χ1v) is 4.64. The molecule has 0 atom stereocenters. The minimum atomic E-state index is 0.503. The SMILES string of the molecule is C=Nc1cc(OC)c(OC)cc1C(=C)OC. The summed E-state index contributed by atoms with van der Waals surface area (Å²) in [5, 5.41) is 0. The van der Waals surface area contributed by atoms with Gasteiger partial charge in [0.15, 0.2) is 11.5 Å². The summed E-state index contributed by atoms with van der Waals surface area (Å²) in [5.74, 6) is 1.70. The number of rotatable bonds is 5. The lowest BCUT2D eigenvalue weighted by atomic mass is 10.1. The monoisotopic (exact) mass is 221 g/mol. The molecule has 0 aromatic heterocycles. The number of benzene rings is 1. The van der Waals surface area contributed by atoms with Crippen LogP contribution in [0.3, 0.4) is 0 Å². The van der Waals surface area contributed by atoms with Gasteiger partial charge >= 0.3 is 0 Å². The van der Waals surface area contributed by atoms with Crippen LogP contribution in [0, 0.1) is 0 Å². The van der Waals surface area contributed by atoms with Crippen LogP contribution in [0.15, 0.2) is 23.7 Å². The molecule has 0 amide bonds. The second kappa shape index (κ2) is 5.21. The van der Waals surface area contributed by atoms with Crippen molar-refractivity contribution in [3.8, 4) is 11.5 Å². The Hall–Kier alpha value is -1.97. The summed E-state index contributed by atoms with van der Waals surface area (Å²) < 4.78 is 15.4. The lowest BCUT2D eigenvalue weighted by Crippen LogP contribution is -1.94. The summed E-state index contributed by atoms with van der Waals surface area (Å²) in [6.07, 6.45) is 0. The molecule has 1 rings (SSSR count). The Bertz CT molecular complexity index is 413. The number of hydrogen-bond acceptors (Lipinski definition) is 4. The van der Waals surface area contributed by atoms with Crippen LogP contribution >= 0.6 is 0 Å². The largest absolute Gasteiger partial charge is 0.497 e. The molecule has 0 aliphatic carbocycles. The highest BCUT2D eigenvalue weighted by atomic mass is 16.5. The summed E-state index contributed by atoms with van der Waals surface area (Å²) in [4.78, 5) is 3.90. The second-order valence-electron chi connectivity index (χ2n) is 3.01. The van der Waals surface area contributed by atoms with Crippen LogP contribution in [0.25, 0.3) is 5.76 Å². The Morgan fingerprint density at radius 1 is 1.12 bits per heavy atom. The molecule has 0 heterocycles. The van der Waals surface area contributed by atoms with E-state index in [-0.39, 0.29) is 0 Å². The molecular weight excluding hydrogens is 206 g/mol. The van der Waals surface area contributed by atoms with E-state index in [1.165, 1.54) is 0 Å². The van der Waals surface area contributed by atoms with E-state index in [0.29, 0.717) is 22.9 Å². The van der Waals surface area contributed by atoms with E-state index in [4.69, 9.17) is 14.2 Å². The Labute approximate surface area is 95.2 Å². The van der Waals surface area contributed by atoms with Gasteiger partial charge < -0.3 is 14.2 Å². The lowest BCUT2D eigenvalue weighted by Gasteiger charge is -2.13. The molecule has 4 nitrogen and oxygen atoms in total. The highest BCUT2D eigenvalue weighted by molar-refractivity contribution is 5.74. The minimum absolute atomic E-state index is 0.503. The molecule has 0 fully saturated rings. The molecule has 0 saturated heterocycles. The third kappa shape index (κ3) is 2.16. The Balaban J connectivity index is 3.37. The lowest BCUT2D eigenvalue weighted by molar-refractivity contribution is 0.352. The number of aliphatic imine (C=N–C) groups is 1. The van der Waals surface area contributed by atoms with Crippen LogP contribution in [0.5, 0.6) is 11.5 Å². The molecule has 0 radical (unpaired) electrons. The van der Waals surface area contributed by atoms with E-state index in [1.807, 2.05) is 0 Å². The predicted molar refractivity (Wildman–Crippen MR) is 64.8 cm³/mol. The molecule has 0 aliphatic rings. The molecule has 1 aromatic rings. The molecule has 4 heteroatoms. The van der Waals surface area contributed by atoms with Crippen LogP contribution in [-0.4, -0.2) is 28.0 Å². The maximum atomic E-state index is 5.19. The highest BCUT2D eigenvalue weighted by Crippen LogP contribution is 2.37. The molecule has 0 saturated carbocycles. The number of ether oxygens (including phenoxy) is 3. The van der Waals surface area contributed by atoms with E-state index in [0.717, 1.165) is 5.56 Å². The van der Waals surface area contributed by atoms with E-state index in [2.05, 4.69) is 18.3 Å². The average molecular weight is 221 g/mol. The number of nitrogens with zero attached hydrogens (tertiary/aromatic N) is 1. The van der Waals surface area contributed by atoms with Crippen molar-refractivity contribution in [3.05, 3.63) is 24.3 Å². The highest BCUT2D eigenvalue weighted by Gasteiger charge is 2.12. The number of methoxy groups -OCH3 is 3. The molecule has 0 aliphatic heterocycles. The summed E-state index contributed by atoms with van der Waals surface area (Å²) in [5.41, 5.74) is 1.37. The molecule has 0 spiro atoms. The third-order valence-corrected chi connectivity index (χ3v) is 2.22. The fraction of sp³-hybridized carbons (Fsp3) is 0.250.